The van der Waals surface area contributed by atoms with Gasteiger partial charge in [0.25, 0.3) is 0 Å². The number of hydrogen-bond acceptors (Lipinski definition) is 2. The van der Waals surface area contributed by atoms with Gasteiger partial charge < -0.3 is 4.90 Å². The smallest absolute Gasteiger partial charge is 0.0445 e. The summed E-state index contributed by atoms with van der Waals surface area (Å²) in [4.78, 5) is 4.84. The van der Waals surface area contributed by atoms with Gasteiger partial charge in [0.05, 0.1) is 0 Å². The van der Waals surface area contributed by atoms with Crippen molar-refractivity contribution in [1.29, 1.82) is 0 Å². The Morgan fingerprint density at radius 3 is 2.14 bits per heavy atom. The third kappa shape index (κ3) is 3.21. The molecular formula is C19H26N2. The minimum atomic E-state index is 0.497. The van der Waals surface area contributed by atoms with Crippen LogP contribution in [0.15, 0.2) is 48.6 Å². The van der Waals surface area contributed by atoms with E-state index in [-0.39, 0.29) is 0 Å². The minimum absolute atomic E-state index is 0.497. The minimum Gasteiger partial charge on any atom is -0.378 e. The summed E-state index contributed by atoms with van der Waals surface area (Å²) in [6.07, 6.45) is 13.1. The second-order valence-corrected chi connectivity index (χ2v) is 6.37. The Morgan fingerprint density at radius 1 is 0.952 bits per heavy atom. The zero-order chi connectivity index (χ0) is 14.7. The lowest BCUT2D eigenvalue weighted by molar-refractivity contribution is 0.145. The molecule has 0 bridgehead atoms. The number of anilines is 1. The van der Waals surface area contributed by atoms with Crippen molar-refractivity contribution in [2.75, 3.05) is 32.1 Å². The van der Waals surface area contributed by atoms with Crippen LogP contribution in [0.5, 0.6) is 0 Å². The van der Waals surface area contributed by atoms with Crippen LogP contribution < -0.4 is 4.90 Å². The molecule has 0 aromatic heterocycles. The first-order chi connectivity index (χ1) is 10.3. The van der Waals surface area contributed by atoms with Crippen molar-refractivity contribution in [2.45, 2.75) is 25.3 Å². The second kappa shape index (κ2) is 6.48. The van der Waals surface area contributed by atoms with E-state index in [2.05, 4.69) is 72.5 Å². The van der Waals surface area contributed by atoms with Crippen LogP contribution in [-0.4, -0.2) is 32.1 Å². The molecule has 1 aliphatic heterocycles. The number of benzene rings is 1. The van der Waals surface area contributed by atoms with Crippen LogP contribution in [-0.2, 0) is 0 Å². The Bertz CT molecular complexity index is 495. The SMILES string of the molecule is CN(C)c1ccc(C(C2C=CC=C2)N2CCCCC2)cc1. The highest BCUT2D eigenvalue weighted by Gasteiger charge is 2.28. The fraction of sp³-hybridized carbons (Fsp3) is 0.474. The van der Waals surface area contributed by atoms with Gasteiger partial charge in [0.1, 0.15) is 0 Å². The zero-order valence-electron chi connectivity index (χ0n) is 13.2. The highest BCUT2D eigenvalue weighted by molar-refractivity contribution is 5.47. The largest absolute Gasteiger partial charge is 0.378 e. The summed E-state index contributed by atoms with van der Waals surface area (Å²) < 4.78 is 0. The monoisotopic (exact) mass is 282 g/mol. The van der Waals surface area contributed by atoms with E-state index < -0.39 is 0 Å². The third-order valence-corrected chi connectivity index (χ3v) is 4.68. The molecule has 2 nitrogen and oxygen atoms in total. The molecule has 2 heteroatoms. The molecular weight excluding hydrogens is 256 g/mol. The van der Waals surface area contributed by atoms with Crippen LogP contribution in [0.25, 0.3) is 0 Å². The molecule has 0 radical (unpaired) electrons. The maximum Gasteiger partial charge on any atom is 0.0445 e. The van der Waals surface area contributed by atoms with Crippen molar-refractivity contribution in [2.24, 2.45) is 5.92 Å². The summed E-state index contributed by atoms with van der Waals surface area (Å²) in [5.41, 5.74) is 2.72. The molecule has 1 fully saturated rings. The lowest BCUT2D eigenvalue weighted by Crippen LogP contribution is -2.36. The van der Waals surface area contributed by atoms with Crippen LogP contribution in [0.3, 0.4) is 0 Å². The molecule has 2 aliphatic rings. The van der Waals surface area contributed by atoms with Gasteiger partial charge >= 0.3 is 0 Å². The molecule has 1 atom stereocenters. The maximum absolute atomic E-state index is 2.68. The summed E-state index contributed by atoms with van der Waals surface area (Å²) in [7, 11) is 4.19. The molecule has 1 saturated heterocycles. The van der Waals surface area contributed by atoms with Crippen molar-refractivity contribution < 1.29 is 0 Å². The van der Waals surface area contributed by atoms with Gasteiger partial charge in [0.2, 0.25) is 0 Å². The van der Waals surface area contributed by atoms with Gasteiger partial charge in [0.15, 0.2) is 0 Å². The summed E-state index contributed by atoms with van der Waals surface area (Å²) in [5, 5.41) is 0. The fourth-order valence-electron chi connectivity index (χ4n) is 3.50. The zero-order valence-corrected chi connectivity index (χ0v) is 13.2. The number of hydrogen-bond donors (Lipinski definition) is 0. The van der Waals surface area contributed by atoms with E-state index in [0.717, 1.165) is 0 Å². The molecule has 1 aromatic rings. The summed E-state index contributed by atoms with van der Waals surface area (Å²) in [6, 6.07) is 9.61. The highest BCUT2D eigenvalue weighted by atomic mass is 15.2. The van der Waals surface area contributed by atoms with Crippen LogP contribution in [0.4, 0.5) is 5.69 Å². The van der Waals surface area contributed by atoms with Crippen LogP contribution in [0.1, 0.15) is 30.9 Å². The number of likely N-dealkylation sites (tertiary alicyclic amines) is 1. The van der Waals surface area contributed by atoms with Crippen molar-refractivity contribution >= 4 is 5.69 Å². The molecule has 0 saturated carbocycles. The Hall–Kier alpha value is -1.54. The van der Waals surface area contributed by atoms with Gasteiger partial charge in [-0.1, -0.05) is 42.9 Å². The summed E-state index contributed by atoms with van der Waals surface area (Å²) in [5.74, 6) is 0.522. The average molecular weight is 282 g/mol. The predicted octanol–water partition coefficient (Wildman–Crippen LogP) is 4.02. The molecule has 1 heterocycles. The number of rotatable bonds is 4. The summed E-state index contributed by atoms with van der Waals surface area (Å²) >= 11 is 0. The Kier molecular flexibility index (Phi) is 4.45. The van der Waals surface area contributed by atoms with Crippen molar-refractivity contribution in [3.63, 3.8) is 0 Å². The third-order valence-electron chi connectivity index (χ3n) is 4.68. The van der Waals surface area contributed by atoms with Gasteiger partial charge in [-0.25, -0.2) is 0 Å². The van der Waals surface area contributed by atoms with E-state index in [1.807, 2.05) is 0 Å². The standard InChI is InChI=1S/C19H26N2/c1-20(2)18-12-10-17(11-13-18)19(16-8-4-5-9-16)21-14-6-3-7-15-21/h4-5,8-13,16,19H,3,6-7,14-15H2,1-2H3. The predicted molar refractivity (Wildman–Crippen MR) is 90.7 cm³/mol. The van der Waals surface area contributed by atoms with Crippen molar-refractivity contribution in [3.05, 3.63) is 54.1 Å². The Morgan fingerprint density at radius 2 is 1.57 bits per heavy atom. The lowest BCUT2D eigenvalue weighted by Gasteiger charge is -2.37. The molecule has 21 heavy (non-hydrogen) atoms. The average Bonchev–Trinajstić information content (AvgIpc) is 3.03. The first-order valence-electron chi connectivity index (χ1n) is 8.12. The van der Waals surface area contributed by atoms with Gasteiger partial charge in [-0.2, -0.15) is 0 Å². The topological polar surface area (TPSA) is 6.48 Å². The highest BCUT2D eigenvalue weighted by Crippen LogP contribution is 2.35. The first-order valence-corrected chi connectivity index (χ1v) is 8.12. The lowest BCUT2D eigenvalue weighted by atomic mass is 9.91. The van der Waals surface area contributed by atoms with E-state index in [1.54, 1.807) is 0 Å². The molecule has 1 unspecified atom stereocenters. The molecule has 3 rings (SSSR count). The second-order valence-electron chi connectivity index (χ2n) is 6.37. The maximum atomic E-state index is 2.68. The van der Waals surface area contributed by atoms with Crippen LogP contribution >= 0.6 is 0 Å². The van der Waals surface area contributed by atoms with Gasteiger partial charge in [-0.3, -0.25) is 4.90 Å². The van der Waals surface area contributed by atoms with E-state index in [9.17, 15) is 0 Å². The van der Waals surface area contributed by atoms with Crippen LogP contribution in [0.2, 0.25) is 0 Å². The normalized spacial score (nSPS) is 20.9. The molecule has 112 valence electrons. The Balaban J connectivity index is 1.86. The molecule has 1 aromatic carbocycles. The quantitative estimate of drug-likeness (QED) is 0.823. The number of piperidine rings is 1. The molecule has 1 aliphatic carbocycles. The van der Waals surface area contributed by atoms with Gasteiger partial charge in [0, 0.05) is 31.7 Å². The summed E-state index contributed by atoms with van der Waals surface area (Å²) in [6.45, 7) is 2.47. The van der Waals surface area contributed by atoms with E-state index in [0.29, 0.717) is 12.0 Å². The molecule has 0 spiro atoms. The van der Waals surface area contributed by atoms with E-state index in [4.69, 9.17) is 0 Å². The van der Waals surface area contributed by atoms with Gasteiger partial charge in [-0.15, -0.1) is 0 Å². The number of allylic oxidation sites excluding steroid dienone is 2. The molecule has 0 amide bonds. The first kappa shape index (κ1) is 14.4. The Labute approximate surface area is 128 Å². The molecule has 0 N–H and O–H groups in total. The van der Waals surface area contributed by atoms with Crippen molar-refractivity contribution in [1.82, 2.24) is 4.90 Å². The number of nitrogens with zero attached hydrogens (tertiary/aromatic N) is 2. The van der Waals surface area contributed by atoms with E-state index >= 15 is 0 Å². The van der Waals surface area contributed by atoms with Crippen molar-refractivity contribution in [3.8, 4) is 0 Å². The van der Waals surface area contributed by atoms with Gasteiger partial charge in [-0.05, 0) is 43.6 Å². The fourth-order valence-corrected chi connectivity index (χ4v) is 3.50. The van der Waals surface area contributed by atoms with Crippen LogP contribution in [0, 0.1) is 5.92 Å². The van der Waals surface area contributed by atoms with E-state index in [1.165, 1.54) is 43.6 Å².